The third-order valence-corrected chi connectivity index (χ3v) is 5.95. The van der Waals surface area contributed by atoms with E-state index in [2.05, 4.69) is 4.98 Å². The van der Waals surface area contributed by atoms with Crippen LogP contribution in [0.5, 0.6) is 0 Å². The van der Waals surface area contributed by atoms with Crippen LogP contribution < -0.4 is 21.9 Å². The molecule has 2 aromatic carbocycles. The number of H-pyrrole nitrogens is 1. The minimum atomic E-state index is -0.660. The maximum Gasteiger partial charge on any atom is 0.330 e. The van der Waals surface area contributed by atoms with Crippen molar-refractivity contribution in [2.24, 2.45) is 5.92 Å². The van der Waals surface area contributed by atoms with Gasteiger partial charge in [-0.25, -0.2) is 4.79 Å². The van der Waals surface area contributed by atoms with E-state index in [1.54, 1.807) is 6.26 Å². The molecule has 0 unspecified atom stereocenters. The zero-order valence-electron chi connectivity index (χ0n) is 19.8. The number of nitrogens with one attached hydrogen (secondary N) is 1. The monoisotopic (exact) mass is 462 g/mol. The average molecular weight is 463 g/mol. The molecular weight excluding hydrogens is 432 g/mol. The normalized spacial score (nSPS) is 11.5. The van der Waals surface area contributed by atoms with Gasteiger partial charge >= 0.3 is 5.69 Å². The van der Waals surface area contributed by atoms with Gasteiger partial charge in [0.15, 0.2) is 5.69 Å². The third kappa shape index (κ3) is 4.35. The Kier molecular flexibility index (Phi) is 6.58. The highest BCUT2D eigenvalue weighted by molar-refractivity contribution is 6.09. The highest BCUT2D eigenvalue weighted by Crippen LogP contribution is 2.31. The summed E-state index contributed by atoms with van der Waals surface area (Å²) >= 11 is 0. The number of aromatic amines is 1. The van der Waals surface area contributed by atoms with Crippen molar-refractivity contribution < 1.29 is 9.21 Å². The Morgan fingerprint density at radius 1 is 1.18 bits per heavy atom. The van der Waals surface area contributed by atoms with Crippen LogP contribution in [0.25, 0.3) is 21.7 Å². The lowest BCUT2D eigenvalue weighted by molar-refractivity contribution is -0.118. The predicted molar refractivity (Wildman–Crippen MR) is 135 cm³/mol. The van der Waals surface area contributed by atoms with Crippen LogP contribution in [0.4, 0.5) is 11.5 Å². The van der Waals surface area contributed by atoms with E-state index in [1.807, 2.05) is 57.2 Å². The van der Waals surface area contributed by atoms with E-state index in [-0.39, 0.29) is 36.3 Å². The van der Waals surface area contributed by atoms with Crippen molar-refractivity contribution in [3.63, 3.8) is 0 Å². The Morgan fingerprint density at radius 2 is 1.94 bits per heavy atom. The molecule has 0 saturated heterocycles. The fourth-order valence-electron chi connectivity index (χ4n) is 4.32. The van der Waals surface area contributed by atoms with Gasteiger partial charge in [0.1, 0.15) is 11.4 Å². The quantitative estimate of drug-likeness (QED) is 0.410. The van der Waals surface area contributed by atoms with Crippen LogP contribution in [0, 0.1) is 5.92 Å². The number of benzene rings is 2. The molecular formula is C26H30N4O4. The molecule has 0 atom stereocenters. The van der Waals surface area contributed by atoms with Crippen molar-refractivity contribution in [3.8, 4) is 0 Å². The van der Waals surface area contributed by atoms with Gasteiger partial charge in [-0.15, -0.1) is 0 Å². The molecule has 8 nitrogen and oxygen atoms in total. The maximum atomic E-state index is 13.6. The summed E-state index contributed by atoms with van der Waals surface area (Å²) in [5, 5.41) is 2.93. The second-order valence-electron chi connectivity index (χ2n) is 8.99. The SMILES string of the molecule is CCCCn1c(N)c(N(CC(C)C)C(=O)Cc2coc3ccc4ccccc4c23)c(=O)[nH]c1=O. The predicted octanol–water partition coefficient (Wildman–Crippen LogP) is 4.05. The average Bonchev–Trinajstić information content (AvgIpc) is 3.21. The topological polar surface area (TPSA) is 114 Å². The molecule has 34 heavy (non-hydrogen) atoms. The first-order valence-electron chi connectivity index (χ1n) is 11.6. The second-order valence-corrected chi connectivity index (χ2v) is 8.99. The van der Waals surface area contributed by atoms with Crippen molar-refractivity contribution >= 4 is 39.2 Å². The van der Waals surface area contributed by atoms with Crippen LogP contribution in [0.1, 0.15) is 39.2 Å². The number of nitrogens with zero attached hydrogens (tertiary/aromatic N) is 2. The number of aromatic nitrogens is 2. The van der Waals surface area contributed by atoms with Crippen LogP contribution >= 0.6 is 0 Å². The van der Waals surface area contributed by atoms with Gasteiger partial charge in [-0.1, -0.05) is 57.5 Å². The highest BCUT2D eigenvalue weighted by Gasteiger charge is 2.26. The largest absolute Gasteiger partial charge is 0.464 e. The zero-order valence-corrected chi connectivity index (χ0v) is 19.8. The van der Waals surface area contributed by atoms with E-state index in [4.69, 9.17) is 10.2 Å². The highest BCUT2D eigenvalue weighted by atomic mass is 16.3. The van der Waals surface area contributed by atoms with Crippen molar-refractivity contribution in [2.75, 3.05) is 17.2 Å². The Morgan fingerprint density at radius 3 is 2.68 bits per heavy atom. The summed E-state index contributed by atoms with van der Waals surface area (Å²) in [4.78, 5) is 42.6. The fraction of sp³-hybridized carbons (Fsp3) is 0.346. The lowest BCUT2D eigenvalue weighted by Crippen LogP contribution is -2.43. The molecule has 0 bridgehead atoms. The summed E-state index contributed by atoms with van der Waals surface area (Å²) in [5.74, 6) is -0.207. The van der Waals surface area contributed by atoms with Crippen molar-refractivity contribution in [3.05, 3.63) is 69.1 Å². The van der Waals surface area contributed by atoms with E-state index in [0.29, 0.717) is 12.1 Å². The van der Waals surface area contributed by atoms with Crippen LogP contribution in [-0.2, 0) is 17.8 Å². The van der Waals surface area contributed by atoms with E-state index >= 15 is 0 Å². The van der Waals surface area contributed by atoms with Gasteiger partial charge < -0.3 is 15.1 Å². The van der Waals surface area contributed by atoms with Crippen LogP contribution in [-0.4, -0.2) is 22.0 Å². The Hall–Kier alpha value is -3.81. The molecule has 4 rings (SSSR count). The van der Waals surface area contributed by atoms with E-state index < -0.39 is 11.2 Å². The number of hydrogen-bond acceptors (Lipinski definition) is 5. The molecule has 0 aliphatic rings. The van der Waals surface area contributed by atoms with Gasteiger partial charge in [0.25, 0.3) is 5.56 Å². The zero-order chi connectivity index (χ0) is 24.4. The lowest BCUT2D eigenvalue weighted by atomic mass is 10.0. The molecule has 2 aromatic heterocycles. The van der Waals surface area contributed by atoms with Gasteiger partial charge in [-0.05, 0) is 29.2 Å². The number of fused-ring (bicyclic) bond motifs is 3. The fourth-order valence-corrected chi connectivity index (χ4v) is 4.32. The van der Waals surface area contributed by atoms with Gasteiger partial charge in [-0.3, -0.25) is 19.1 Å². The summed E-state index contributed by atoms with van der Waals surface area (Å²) < 4.78 is 7.08. The summed E-state index contributed by atoms with van der Waals surface area (Å²) in [6.45, 7) is 6.57. The minimum Gasteiger partial charge on any atom is -0.464 e. The first-order chi connectivity index (χ1) is 16.3. The molecule has 2 heterocycles. The van der Waals surface area contributed by atoms with Crippen LogP contribution in [0.2, 0.25) is 0 Å². The third-order valence-electron chi connectivity index (χ3n) is 5.95. The first kappa shape index (κ1) is 23.4. The van der Waals surface area contributed by atoms with E-state index in [9.17, 15) is 14.4 Å². The molecule has 0 radical (unpaired) electrons. The molecule has 4 aromatic rings. The summed E-state index contributed by atoms with van der Waals surface area (Å²) in [7, 11) is 0. The Labute approximate surface area is 197 Å². The first-order valence-corrected chi connectivity index (χ1v) is 11.6. The van der Waals surface area contributed by atoms with E-state index in [1.165, 1.54) is 9.47 Å². The number of unbranched alkanes of at least 4 members (excludes halogenated alkanes) is 1. The number of furan rings is 1. The minimum absolute atomic E-state index is 0.0127. The number of nitrogens with two attached hydrogens (primary N) is 1. The Balaban J connectivity index is 1.78. The summed E-state index contributed by atoms with van der Waals surface area (Å²) in [5.41, 5.74) is 6.54. The molecule has 1 amide bonds. The number of nitrogen functional groups attached to an aromatic ring is 1. The molecule has 178 valence electrons. The van der Waals surface area contributed by atoms with Gasteiger partial charge in [0, 0.05) is 24.0 Å². The molecule has 0 spiro atoms. The summed E-state index contributed by atoms with van der Waals surface area (Å²) in [6.07, 6.45) is 3.21. The number of rotatable bonds is 8. The number of hydrogen-bond donors (Lipinski definition) is 2. The number of carbonyl (C=O) groups excluding carboxylic acids is 1. The van der Waals surface area contributed by atoms with Gasteiger partial charge in [0.05, 0.1) is 12.7 Å². The number of anilines is 2. The van der Waals surface area contributed by atoms with Crippen LogP contribution in [0.3, 0.4) is 0 Å². The molecule has 0 saturated carbocycles. The maximum absolute atomic E-state index is 13.6. The van der Waals surface area contributed by atoms with Crippen molar-refractivity contribution in [2.45, 2.75) is 46.6 Å². The Bertz CT molecular complexity index is 1460. The standard InChI is InChI=1S/C26H30N4O4/c1-4-5-12-29-24(27)23(25(32)28-26(29)33)30(14-16(2)3)21(31)13-18-15-34-20-11-10-17-8-6-7-9-19(17)22(18)20/h6-11,15-16H,4-5,12-14,27H2,1-3H3,(H,28,32,33). The lowest BCUT2D eigenvalue weighted by Gasteiger charge is -2.26. The van der Waals surface area contributed by atoms with Gasteiger partial charge in [-0.2, -0.15) is 0 Å². The molecule has 8 heteroatoms. The molecule has 3 N–H and O–H groups in total. The number of carbonyl (C=O) groups is 1. The van der Waals surface area contributed by atoms with E-state index in [0.717, 1.165) is 34.6 Å². The van der Waals surface area contributed by atoms with Gasteiger partial charge in [0.2, 0.25) is 5.91 Å². The molecule has 0 aliphatic carbocycles. The van der Waals surface area contributed by atoms with Crippen molar-refractivity contribution in [1.82, 2.24) is 9.55 Å². The number of amides is 1. The molecule has 0 aliphatic heterocycles. The summed E-state index contributed by atoms with van der Waals surface area (Å²) in [6, 6.07) is 11.8. The van der Waals surface area contributed by atoms with Crippen LogP contribution in [0.15, 0.2) is 56.7 Å². The second kappa shape index (κ2) is 9.59. The molecule has 0 fully saturated rings. The van der Waals surface area contributed by atoms with Crippen molar-refractivity contribution in [1.29, 1.82) is 0 Å². The smallest absolute Gasteiger partial charge is 0.330 e.